The van der Waals surface area contributed by atoms with Crippen LogP contribution in [0.1, 0.15) is 18.1 Å². The normalized spacial score (nSPS) is 11.7. The number of hydrogen-bond acceptors (Lipinski definition) is 3. The van der Waals surface area contributed by atoms with Crippen molar-refractivity contribution in [2.45, 2.75) is 25.2 Å². The van der Waals surface area contributed by atoms with Crippen molar-refractivity contribution in [1.29, 1.82) is 0 Å². The monoisotopic (exact) mass is 331 g/mol. The molecule has 0 radical (unpaired) electrons. The highest BCUT2D eigenvalue weighted by atomic mass is 32.2. The summed E-state index contributed by atoms with van der Waals surface area (Å²) in [7, 11) is -3.73. The Morgan fingerprint density at radius 2 is 1.65 bits per heavy atom. The molecule has 1 heterocycles. The van der Waals surface area contributed by atoms with Gasteiger partial charge in [0.15, 0.2) is 0 Å². The van der Waals surface area contributed by atoms with E-state index < -0.39 is 10.0 Å². The number of benzene rings is 2. The van der Waals surface area contributed by atoms with Crippen LogP contribution in [0, 0.1) is 6.92 Å². The van der Waals surface area contributed by atoms with E-state index in [-0.39, 0.29) is 10.6 Å². The number of hydrogen-bond donors (Lipinski definition) is 3. The second-order valence-electron chi connectivity index (χ2n) is 5.40. The smallest absolute Gasteiger partial charge is 0.306 e. The largest absolute Gasteiger partial charge is 0.323 e. The molecule has 7 heteroatoms. The first kappa shape index (κ1) is 15.4. The maximum Gasteiger partial charge on any atom is 0.323 e. The third-order valence-corrected chi connectivity index (χ3v) is 5.24. The van der Waals surface area contributed by atoms with Crippen LogP contribution >= 0.6 is 0 Å². The van der Waals surface area contributed by atoms with Crippen LogP contribution in [0.2, 0.25) is 0 Å². The van der Waals surface area contributed by atoms with Gasteiger partial charge in [-0.1, -0.05) is 19.1 Å². The van der Waals surface area contributed by atoms with Crippen molar-refractivity contribution >= 4 is 26.7 Å². The van der Waals surface area contributed by atoms with E-state index in [1.807, 2.05) is 19.1 Å². The Bertz CT molecular complexity index is 1010. The second kappa shape index (κ2) is 5.58. The molecule has 0 aliphatic carbocycles. The van der Waals surface area contributed by atoms with E-state index in [1.165, 1.54) is 6.07 Å². The highest BCUT2D eigenvalue weighted by Crippen LogP contribution is 2.23. The van der Waals surface area contributed by atoms with E-state index in [4.69, 9.17) is 0 Å². The number of aromatic amines is 2. The van der Waals surface area contributed by atoms with Gasteiger partial charge in [0.05, 0.1) is 15.9 Å². The lowest BCUT2D eigenvalue weighted by Crippen LogP contribution is -2.14. The van der Waals surface area contributed by atoms with Crippen LogP contribution in [0.4, 0.5) is 5.69 Å². The maximum atomic E-state index is 12.6. The number of fused-ring (bicyclic) bond motifs is 1. The third-order valence-electron chi connectivity index (χ3n) is 3.72. The molecule has 0 fully saturated rings. The first-order valence-electron chi connectivity index (χ1n) is 7.23. The third kappa shape index (κ3) is 3.00. The van der Waals surface area contributed by atoms with Crippen molar-refractivity contribution in [1.82, 2.24) is 9.97 Å². The molecule has 0 spiro atoms. The fourth-order valence-corrected chi connectivity index (χ4v) is 3.79. The highest BCUT2D eigenvalue weighted by Gasteiger charge is 2.18. The number of imidazole rings is 1. The van der Waals surface area contributed by atoms with Gasteiger partial charge in [0.1, 0.15) is 0 Å². The summed E-state index contributed by atoms with van der Waals surface area (Å²) in [6, 6.07) is 10.4. The molecule has 0 saturated carbocycles. The predicted molar refractivity (Wildman–Crippen MR) is 90.3 cm³/mol. The summed E-state index contributed by atoms with van der Waals surface area (Å²) >= 11 is 0. The Morgan fingerprint density at radius 1 is 1.04 bits per heavy atom. The van der Waals surface area contributed by atoms with Crippen molar-refractivity contribution in [3.8, 4) is 0 Å². The number of aryl methyl sites for hydroxylation is 2. The molecule has 0 bridgehead atoms. The van der Waals surface area contributed by atoms with Gasteiger partial charge in [-0.15, -0.1) is 0 Å². The van der Waals surface area contributed by atoms with Gasteiger partial charge in [-0.25, -0.2) is 13.2 Å². The summed E-state index contributed by atoms with van der Waals surface area (Å²) < 4.78 is 27.8. The summed E-state index contributed by atoms with van der Waals surface area (Å²) in [5.74, 6) is 0. The molecule has 0 aliphatic heterocycles. The Labute approximate surface area is 133 Å². The van der Waals surface area contributed by atoms with E-state index in [9.17, 15) is 13.2 Å². The number of sulfonamides is 1. The van der Waals surface area contributed by atoms with Crippen molar-refractivity contribution in [2.75, 3.05) is 4.72 Å². The molecule has 0 saturated heterocycles. The van der Waals surface area contributed by atoms with Gasteiger partial charge in [0.2, 0.25) is 0 Å². The van der Waals surface area contributed by atoms with Crippen molar-refractivity contribution in [3.63, 3.8) is 0 Å². The van der Waals surface area contributed by atoms with E-state index >= 15 is 0 Å². The number of anilines is 1. The van der Waals surface area contributed by atoms with Crippen LogP contribution in [0.3, 0.4) is 0 Å². The summed E-state index contributed by atoms with van der Waals surface area (Å²) in [5.41, 5.74) is 2.88. The van der Waals surface area contributed by atoms with Gasteiger partial charge in [0.25, 0.3) is 10.0 Å². The Kier molecular flexibility index (Phi) is 3.73. The Hall–Kier alpha value is -2.54. The minimum Gasteiger partial charge on any atom is -0.306 e. The average Bonchev–Trinajstić information content (AvgIpc) is 2.85. The molecular formula is C16H17N3O3S. The lowest BCUT2D eigenvalue weighted by atomic mass is 10.2. The van der Waals surface area contributed by atoms with Crippen LogP contribution < -0.4 is 10.4 Å². The summed E-state index contributed by atoms with van der Waals surface area (Å²) in [6.07, 6.45) is 0.893. The predicted octanol–water partition coefficient (Wildman–Crippen LogP) is 2.53. The molecule has 0 amide bonds. The van der Waals surface area contributed by atoms with Gasteiger partial charge < -0.3 is 9.97 Å². The summed E-state index contributed by atoms with van der Waals surface area (Å²) in [5, 5.41) is 0. The van der Waals surface area contributed by atoms with Gasteiger partial charge in [0, 0.05) is 5.69 Å². The molecule has 120 valence electrons. The standard InChI is InChI=1S/C16H17N3O3S/c1-3-11-4-6-12(7-5-11)19-23(21,22)15-9-14-13(8-10(15)2)17-16(20)18-14/h4-9,19H,3H2,1-2H3,(H2,17,18,20). The minimum atomic E-state index is -3.73. The molecular weight excluding hydrogens is 314 g/mol. The molecule has 3 rings (SSSR count). The van der Waals surface area contributed by atoms with E-state index in [0.717, 1.165) is 12.0 Å². The number of H-pyrrole nitrogens is 2. The van der Waals surface area contributed by atoms with Crippen molar-refractivity contribution in [3.05, 3.63) is 58.0 Å². The molecule has 2 aromatic carbocycles. The van der Waals surface area contributed by atoms with Crippen molar-refractivity contribution < 1.29 is 8.42 Å². The molecule has 6 nitrogen and oxygen atoms in total. The average molecular weight is 331 g/mol. The van der Waals surface area contributed by atoms with Crippen molar-refractivity contribution in [2.24, 2.45) is 0 Å². The molecule has 23 heavy (non-hydrogen) atoms. The molecule has 0 atom stereocenters. The molecule has 3 N–H and O–H groups in total. The number of nitrogens with one attached hydrogen (secondary N) is 3. The molecule has 0 aliphatic rings. The maximum absolute atomic E-state index is 12.6. The fourth-order valence-electron chi connectivity index (χ4n) is 2.48. The molecule has 3 aromatic rings. The van der Waals surface area contributed by atoms with E-state index in [1.54, 1.807) is 25.1 Å². The lowest BCUT2D eigenvalue weighted by Gasteiger charge is -2.11. The van der Waals surface area contributed by atoms with Gasteiger partial charge >= 0.3 is 5.69 Å². The summed E-state index contributed by atoms with van der Waals surface area (Å²) in [6.45, 7) is 3.73. The quantitative estimate of drug-likeness (QED) is 0.685. The molecule has 1 aromatic heterocycles. The number of aromatic nitrogens is 2. The topological polar surface area (TPSA) is 94.8 Å². The van der Waals surface area contributed by atoms with Gasteiger partial charge in [-0.2, -0.15) is 0 Å². The lowest BCUT2D eigenvalue weighted by molar-refractivity contribution is 0.600. The number of rotatable bonds is 4. The first-order valence-corrected chi connectivity index (χ1v) is 8.72. The van der Waals surface area contributed by atoms with Crippen LogP contribution in [0.25, 0.3) is 11.0 Å². The zero-order valence-corrected chi connectivity index (χ0v) is 13.6. The Balaban J connectivity index is 2.01. The molecule has 0 unspecified atom stereocenters. The second-order valence-corrected chi connectivity index (χ2v) is 7.05. The zero-order valence-electron chi connectivity index (χ0n) is 12.8. The summed E-state index contributed by atoms with van der Waals surface area (Å²) in [4.78, 5) is 16.7. The van der Waals surface area contributed by atoms with Gasteiger partial charge in [-0.3, -0.25) is 4.72 Å². The van der Waals surface area contributed by atoms with Gasteiger partial charge in [-0.05, 0) is 48.7 Å². The Morgan fingerprint density at radius 3 is 2.26 bits per heavy atom. The van der Waals surface area contributed by atoms with E-state index in [0.29, 0.717) is 22.3 Å². The van der Waals surface area contributed by atoms with Crippen LogP contribution in [-0.2, 0) is 16.4 Å². The van der Waals surface area contributed by atoms with E-state index in [2.05, 4.69) is 14.7 Å². The van der Waals surface area contributed by atoms with Crippen LogP contribution in [-0.4, -0.2) is 18.4 Å². The SMILES string of the molecule is CCc1ccc(NS(=O)(=O)c2cc3[nH]c(=O)[nH]c3cc2C)cc1. The van der Waals surface area contributed by atoms with Crippen LogP contribution in [0.15, 0.2) is 46.1 Å². The first-order chi connectivity index (χ1) is 10.9. The zero-order chi connectivity index (χ0) is 16.6. The highest BCUT2D eigenvalue weighted by molar-refractivity contribution is 7.92. The van der Waals surface area contributed by atoms with Crippen LogP contribution in [0.5, 0.6) is 0 Å². The minimum absolute atomic E-state index is 0.139. The fraction of sp³-hybridized carbons (Fsp3) is 0.188.